The molecule has 0 aromatic carbocycles. The Labute approximate surface area is 126 Å². The van der Waals surface area contributed by atoms with Crippen LogP contribution in [0.1, 0.15) is 25.0 Å². The summed E-state index contributed by atoms with van der Waals surface area (Å²) in [5.74, 6) is -2.33. The van der Waals surface area contributed by atoms with Gasteiger partial charge in [-0.15, -0.1) is 0 Å². The largest absolute Gasteiger partial charge is 0.480 e. The van der Waals surface area contributed by atoms with Crippen LogP contribution in [0.2, 0.25) is 0 Å². The quantitative estimate of drug-likeness (QED) is 0.517. The summed E-state index contributed by atoms with van der Waals surface area (Å²) in [5.41, 5.74) is 0.495. The number of aromatic amines is 1. The summed E-state index contributed by atoms with van der Waals surface area (Å²) >= 11 is 0. The summed E-state index contributed by atoms with van der Waals surface area (Å²) < 4.78 is 31.1. The number of carbonyl (C=O) groups is 2. The molecule has 1 heterocycles. The summed E-state index contributed by atoms with van der Waals surface area (Å²) in [6.45, 7) is 0. The Balaban J connectivity index is 1.96. The highest BCUT2D eigenvalue weighted by Gasteiger charge is 2.37. The molecule has 1 aromatic rings. The van der Waals surface area contributed by atoms with E-state index in [1.807, 2.05) is 0 Å². The smallest absolute Gasteiger partial charge is 0.326 e. The molecule has 1 aliphatic rings. The van der Waals surface area contributed by atoms with Gasteiger partial charge in [-0.2, -0.15) is 8.42 Å². The minimum atomic E-state index is -4.17. The molecular weight excluding hydrogens is 314 g/mol. The van der Waals surface area contributed by atoms with Crippen molar-refractivity contribution >= 4 is 22.0 Å². The number of carbonyl (C=O) groups excluding carboxylic acids is 1. The predicted octanol–water partition coefficient (Wildman–Crippen LogP) is -0.422. The van der Waals surface area contributed by atoms with Crippen molar-refractivity contribution in [1.82, 2.24) is 15.3 Å². The summed E-state index contributed by atoms with van der Waals surface area (Å²) in [6.07, 6.45) is 3.45. The minimum Gasteiger partial charge on any atom is -0.480 e. The molecule has 0 spiro atoms. The van der Waals surface area contributed by atoms with E-state index in [1.54, 1.807) is 0 Å². The van der Waals surface area contributed by atoms with Crippen LogP contribution >= 0.6 is 0 Å². The second kappa shape index (κ2) is 6.44. The van der Waals surface area contributed by atoms with Crippen LogP contribution in [0.25, 0.3) is 0 Å². The van der Waals surface area contributed by atoms with Gasteiger partial charge in [0.25, 0.3) is 10.1 Å². The molecule has 1 fully saturated rings. The molecule has 0 saturated heterocycles. The first-order valence-corrected chi connectivity index (χ1v) is 8.25. The SMILES string of the molecule is O=C(N[C@@H](Cc1c[nH]cn1)C(=O)O)[C@H]1CC[C@@H](S(=O)(=O)O)C1. The molecular formula is C12H17N3O6S. The maximum Gasteiger partial charge on any atom is 0.326 e. The standard InChI is InChI=1S/C12H17N3O6S/c16-11(7-1-2-9(3-7)22(19,20)21)15-10(12(17)18)4-8-5-13-6-14-8/h5-7,9-10H,1-4H2,(H,13,14)(H,15,16)(H,17,18)(H,19,20,21)/t7-,9+,10-/m0/s1. The van der Waals surface area contributed by atoms with Crippen LogP contribution in [0, 0.1) is 5.92 Å². The first kappa shape index (κ1) is 16.4. The van der Waals surface area contributed by atoms with Gasteiger partial charge in [-0.25, -0.2) is 9.78 Å². The maximum absolute atomic E-state index is 12.1. The van der Waals surface area contributed by atoms with Crippen LogP contribution in [0.3, 0.4) is 0 Å². The maximum atomic E-state index is 12.1. The Hall–Kier alpha value is -1.94. The highest BCUT2D eigenvalue weighted by molar-refractivity contribution is 7.86. The van der Waals surface area contributed by atoms with Crippen LogP contribution in [0.4, 0.5) is 0 Å². The molecule has 1 aromatic heterocycles. The Kier molecular flexibility index (Phi) is 4.81. The average Bonchev–Trinajstić information content (AvgIpc) is 3.08. The molecule has 22 heavy (non-hydrogen) atoms. The number of imidazole rings is 1. The van der Waals surface area contributed by atoms with Gasteiger partial charge in [-0.05, 0) is 19.3 Å². The lowest BCUT2D eigenvalue weighted by Gasteiger charge is -2.16. The first-order chi connectivity index (χ1) is 10.3. The molecule has 10 heteroatoms. The fourth-order valence-corrected chi connectivity index (χ4v) is 3.46. The molecule has 0 bridgehead atoms. The van der Waals surface area contributed by atoms with E-state index in [1.165, 1.54) is 12.5 Å². The molecule has 1 amide bonds. The van der Waals surface area contributed by atoms with Gasteiger partial charge in [0, 0.05) is 18.5 Å². The van der Waals surface area contributed by atoms with Crippen molar-refractivity contribution in [3.05, 3.63) is 18.2 Å². The van der Waals surface area contributed by atoms with Crippen molar-refractivity contribution in [2.24, 2.45) is 5.92 Å². The van der Waals surface area contributed by atoms with Crippen molar-refractivity contribution < 1.29 is 27.7 Å². The zero-order valence-electron chi connectivity index (χ0n) is 11.6. The molecule has 9 nitrogen and oxygen atoms in total. The molecule has 0 radical (unpaired) electrons. The van der Waals surface area contributed by atoms with E-state index in [-0.39, 0.29) is 19.3 Å². The molecule has 3 atom stereocenters. The van der Waals surface area contributed by atoms with Crippen LogP contribution < -0.4 is 5.32 Å². The van der Waals surface area contributed by atoms with Gasteiger partial charge >= 0.3 is 5.97 Å². The Morgan fingerprint density at radius 2 is 2.18 bits per heavy atom. The number of carboxylic acid groups (broad SMARTS) is 1. The van der Waals surface area contributed by atoms with Gasteiger partial charge < -0.3 is 15.4 Å². The zero-order chi connectivity index (χ0) is 16.3. The number of amides is 1. The number of aliphatic carboxylic acids is 1. The molecule has 122 valence electrons. The third kappa shape index (κ3) is 4.04. The summed E-state index contributed by atoms with van der Waals surface area (Å²) in [7, 11) is -4.17. The van der Waals surface area contributed by atoms with Crippen LogP contribution in [-0.2, 0) is 26.1 Å². The fraction of sp³-hybridized carbons (Fsp3) is 0.583. The van der Waals surface area contributed by atoms with E-state index < -0.39 is 39.2 Å². The van der Waals surface area contributed by atoms with Crippen molar-refractivity contribution in [2.45, 2.75) is 37.0 Å². The lowest BCUT2D eigenvalue weighted by molar-refractivity contribution is -0.142. The van der Waals surface area contributed by atoms with Crippen LogP contribution in [0.15, 0.2) is 12.5 Å². The lowest BCUT2D eigenvalue weighted by Crippen LogP contribution is -2.44. The number of H-pyrrole nitrogens is 1. The second-order valence-corrected chi connectivity index (χ2v) is 7.01. The number of nitrogens with one attached hydrogen (secondary N) is 2. The predicted molar refractivity (Wildman–Crippen MR) is 74.5 cm³/mol. The summed E-state index contributed by atoms with van der Waals surface area (Å²) in [6, 6.07) is -1.14. The van der Waals surface area contributed by atoms with E-state index in [0.717, 1.165) is 0 Å². The molecule has 4 N–H and O–H groups in total. The Bertz CT molecular complexity index is 642. The molecule has 0 aliphatic heterocycles. The van der Waals surface area contributed by atoms with Crippen molar-refractivity contribution in [1.29, 1.82) is 0 Å². The number of nitrogens with zero attached hydrogens (tertiary/aromatic N) is 1. The van der Waals surface area contributed by atoms with Gasteiger partial charge in [-0.3, -0.25) is 9.35 Å². The highest BCUT2D eigenvalue weighted by Crippen LogP contribution is 2.30. The van der Waals surface area contributed by atoms with Crippen LogP contribution in [-0.4, -0.2) is 51.2 Å². The molecule has 1 saturated carbocycles. The van der Waals surface area contributed by atoms with Gasteiger partial charge in [-0.1, -0.05) is 0 Å². The zero-order valence-corrected chi connectivity index (χ0v) is 12.4. The van der Waals surface area contributed by atoms with E-state index >= 15 is 0 Å². The second-order valence-electron chi connectivity index (χ2n) is 5.31. The average molecular weight is 331 g/mol. The molecule has 1 aliphatic carbocycles. The monoisotopic (exact) mass is 331 g/mol. The van der Waals surface area contributed by atoms with E-state index in [9.17, 15) is 18.0 Å². The van der Waals surface area contributed by atoms with Gasteiger partial charge in [0.2, 0.25) is 5.91 Å². The van der Waals surface area contributed by atoms with Crippen molar-refractivity contribution in [3.8, 4) is 0 Å². The number of aromatic nitrogens is 2. The third-order valence-corrected chi connectivity index (χ3v) is 5.03. The number of hydrogen-bond donors (Lipinski definition) is 4. The van der Waals surface area contributed by atoms with Crippen LogP contribution in [0.5, 0.6) is 0 Å². The number of rotatable bonds is 6. The molecule has 0 unspecified atom stereocenters. The minimum absolute atomic E-state index is 0.000585. The third-order valence-electron chi connectivity index (χ3n) is 3.76. The topological polar surface area (TPSA) is 149 Å². The number of hydrogen-bond acceptors (Lipinski definition) is 5. The number of carboxylic acids is 1. The molecule has 2 rings (SSSR count). The van der Waals surface area contributed by atoms with E-state index in [4.69, 9.17) is 9.66 Å². The van der Waals surface area contributed by atoms with E-state index in [0.29, 0.717) is 12.1 Å². The fourth-order valence-electron chi connectivity index (χ4n) is 2.55. The van der Waals surface area contributed by atoms with Crippen molar-refractivity contribution in [3.63, 3.8) is 0 Å². The summed E-state index contributed by atoms with van der Waals surface area (Å²) in [5, 5.41) is 10.6. The van der Waals surface area contributed by atoms with E-state index in [2.05, 4.69) is 15.3 Å². The summed E-state index contributed by atoms with van der Waals surface area (Å²) in [4.78, 5) is 29.9. The van der Waals surface area contributed by atoms with Gasteiger partial charge in [0.1, 0.15) is 6.04 Å². The van der Waals surface area contributed by atoms with Crippen molar-refractivity contribution in [2.75, 3.05) is 0 Å². The Morgan fingerprint density at radius 3 is 2.68 bits per heavy atom. The highest BCUT2D eigenvalue weighted by atomic mass is 32.2. The first-order valence-electron chi connectivity index (χ1n) is 6.74. The van der Waals surface area contributed by atoms with Gasteiger partial charge in [0.05, 0.1) is 17.3 Å². The normalized spacial score (nSPS) is 23.1. The Morgan fingerprint density at radius 1 is 1.45 bits per heavy atom. The lowest BCUT2D eigenvalue weighted by atomic mass is 10.1. The van der Waals surface area contributed by atoms with Gasteiger partial charge in [0.15, 0.2) is 0 Å².